The minimum absolute atomic E-state index is 0. The molecule has 3 heterocycles. The van der Waals surface area contributed by atoms with Crippen molar-refractivity contribution in [2.24, 2.45) is 4.99 Å². The number of fused-ring (bicyclic) bond motifs is 2. The molecule has 7 nitrogen and oxygen atoms in total. The molecular weight excluding hydrogens is 472 g/mol. The number of nitrogens with zero attached hydrogens (tertiary/aromatic N) is 4. The highest BCUT2D eigenvalue weighted by Crippen LogP contribution is 2.19. The van der Waals surface area contributed by atoms with Gasteiger partial charge in [0.15, 0.2) is 17.4 Å². The van der Waals surface area contributed by atoms with Crippen molar-refractivity contribution in [2.45, 2.75) is 13.0 Å². The second kappa shape index (κ2) is 9.00. The molecule has 4 aromatic rings. The average Bonchev–Trinajstić information content (AvgIpc) is 3.28. The summed E-state index contributed by atoms with van der Waals surface area (Å²) >= 11 is 0. The molecule has 3 aromatic heterocycles. The first-order valence-corrected chi connectivity index (χ1v) is 8.73. The topological polar surface area (TPSA) is 82.4 Å². The van der Waals surface area contributed by atoms with Crippen molar-refractivity contribution in [3.05, 3.63) is 66.0 Å². The van der Waals surface area contributed by atoms with Crippen molar-refractivity contribution >= 4 is 46.5 Å². The SMILES string of the molecule is CN=C(NCCc1c[nH]c2ccc(F)cc12)NCc1nnc2ccccn12.I. The third-order valence-corrected chi connectivity index (χ3v) is 4.44. The van der Waals surface area contributed by atoms with E-state index in [0.29, 0.717) is 19.0 Å². The lowest BCUT2D eigenvalue weighted by Crippen LogP contribution is -2.38. The molecule has 0 atom stereocenters. The first kappa shape index (κ1) is 20.1. The van der Waals surface area contributed by atoms with Crippen molar-refractivity contribution in [1.29, 1.82) is 0 Å². The van der Waals surface area contributed by atoms with Gasteiger partial charge >= 0.3 is 0 Å². The monoisotopic (exact) mass is 493 g/mol. The summed E-state index contributed by atoms with van der Waals surface area (Å²) in [6, 6.07) is 10.6. The van der Waals surface area contributed by atoms with Crippen LogP contribution >= 0.6 is 24.0 Å². The summed E-state index contributed by atoms with van der Waals surface area (Å²) in [6.07, 6.45) is 4.60. The molecule has 0 saturated carbocycles. The van der Waals surface area contributed by atoms with E-state index < -0.39 is 0 Å². The van der Waals surface area contributed by atoms with E-state index in [1.54, 1.807) is 19.2 Å². The van der Waals surface area contributed by atoms with Crippen molar-refractivity contribution in [2.75, 3.05) is 13.6 Å². The largest absolute Gasteiger partial charge is 0.361 e. The normalized spacial score (nSPS) is 11.6. The smallest absolute Gasteiger partial charge is 0.191 e. The summed E-state index contributed by atoms with van der Waals surface area (Å²) in [5.74, 6) is 1.25. The van der Waals surface area contributed by atoms with Crippen LogP contribution in [-0.4, -0.2) is 39.1 Å². The predicted molar refractivity (Wildman–Crippen MR) is 119 cm³/mol. The predicted octanol–water partition coefficient (Wildman–Crippen LogP) is 2.88. The standard InChI is InChI=1S/C19H20FN7.HI/c1-21-19(24-12-18-26-25-17-4-2-3-9-27(17)18)22-8-7-13-11-23-16-6-5-14(20)10-15(13)16;/h2-6,9-11,23H,7-8,12H2,1H3,(H2,21,22,24);1H. The highest BCUT2D eigenvalue weighted by molar-refractivity contribution is 14.0. The number of nitrogens with one attached hydrogen (secondary N) is 3. The Hall–Kier alpha value is -2.69. The Morgan fingerprint density at radius 1 is 1.21 bits per heavy atom. The molecule has 0 fully saturated rings. The van der Waals surface area contributed by atoms with Crippen LogP contribution in [0, 0.1) is 5.82 Å². The third-order valence-electron chi connectivity index (χ3n) is 4.44. The van der Waals surface area contributed by atoms with E-state index in [1.165, 1.54) is 6.07 Å². The summed E-state index contributed by atoms with van der Waals surface area (Å²) in [7, 11) is 1.72. The molecule has 0 aliphatic heterocycles. The molecule has 146 valence electrons. The van der Waals surface area contributed by atoms with Crippen LogP contribution in [0.1, 0.15) is 11.4 Å². The Kier molecular flexibility index (Phi) is 6.45. The molecule has 0 bridgehead atoms. The lowest BCUT2D eigenvalue weighted by Gasteiger charge is -2.11. The number of guanidine groups is 1. The van der Waals surface area contributed by atoms with Crippen molar-refractivity contribution in [1.82, 2.24) is 30.2 Å². The fraction of sp³-hybridized carbons (Fsp3) is 0.211. The van der Waals surface area contributed by atoms with Crippen molar-refractivity contribution in [3.8, 4) is 0 Å². The van der Waals surface area contributed by atoms with E-state index in [9.17, 15) is 4.39 Å². The van der Waals surface area contributed by atoms with Crippen molar-refractivity contribution < 1.29 is 4.39 Å². The summed E-state index contributed by atoms with van der Waals surface area (Å²) in [5.41, 5.74) is 2.81. The molecule has 28 heavy (non-hydrogen) atoms. The number of H-pyrrole nitrogens is 1. The van der Waals surface area contributed by atoms with E-state index >= 15 is 0 Å². The van der Waals surface area contributed by atoms with Gasteiger partial charge in [0, 0.05) is 36.9 Å². The van der Waals surface area contributed by atoms with Crippen LogP contribution < -0.4 is 10.6 Å². The summed E-state index contributed by atoms with van der Waals surface area (Å²) in [5, 5.41) is 15.7. The number of hydrogen-bond donors (Lipinski definition) is 3. The molecule has 0 aliphatic carbocycles. The molecule has 0 radical (unpaired) electrons. The Labute approximate surface area is 178 Å². The lowest BCUT2D eigenvalue weighted by molar-refractivity contribution is 0.629. The Balaban J connectivity index is 0.00000225. The van der Waals surface area contributed by atoms with Crippen LogP contribution in [-0.2, 0) is 13.0 Å². The van der Waals surface area contributed by atoms with Gasteiger partial charge in [0.2, 0.25) is 0 Å². The molecule has 0 unspecified atom stereocenters. The zero-order valence-electron chi connectivity index (χ0n) is 15.3. The minimum atomic E-state index is -0.227. The van der Waals surface area contributed by atoms with Crippen LogP contribution in [0.4, 0.5) is 4.39 Å². The van der Waals surface area contributed by atoms with E-state index in [0.717, 1.165) is 34.4 Å². The number of aromatic nitrogens is 4. The van der Waals surface area contributed by atoms with E-state index in [2.05, 4.69) is 30.8 Å². The molecule has 1 aromatic carbocycles. The van der Waals surface area contributed by atoms with Crippen LogP contribution in [0.3, 0.4) is 0 Å². The van der Waals surface area contributed by atoms with Gasteiger partial charge in [-0.25, -0.2) is 4.39 Å². The highest BCUT2D eigenvalue weighted by Gasteiger charge is 2.07. The Morgan fingerprint density at radius 3 is 2.96 bits per heavy atom. The van der Waals surface area contributed by atoms with Gasteiger partial charge < -0.3 is 15.6 Å². The molecule has 3 N–H and O–H groups in total. The number of pyridine rings is 1. The maximum absolute atomic E-state index is 13.5. The van der Waals surface area contributed by atoms with Crippen LogP contribution in [0.5, 0.6) is 0 Å². The number of benzene rings is 1. The quantitative estimate of drug-likeness (QED) is 0.227. The van der Waals surface area contributed by atoms with Gasteiger partial charge in [-0.15, -0.1) is 34.2 Å². The Bertz CT molecular complexity index is 1100. The van der Waals surface area contributed by atoms with Crippen LogP contribution in [0.15, 0.2) is 53.8 Å². The average molecular weight is 493 g/mol. The zero-order chi connectivity index (χ0) is 18.6. The maximum Gasteiger partial charge on any atom is 0.191 e. The van der Waals surface area contributed by atoms with E-state index in [4.69, 9.17) is 0 Å². The van der Waals surface area contributed by atoms with Crippen LogP contribution in [0.2, 0.25) is 0 Å². The summed E-state index contributed by atoms with van der Waals surface area (Å²) < 4.78 is 15.4. The zero-order valence-corrected chi connectivity index (χ0v) is 17.6. The Morgan fingerprint density at radius 2 is 2.11 bits per heavy atom. The second-order valence-electron chi connectivity index (χ2n) is 6.15. The maximum atomic E-state index is 13.5. The number of halogens is 2. The van der Waals surface area contributed by atoms with Crippen molar-refractivity contribution in [3.63, 3.8) is 0 Å². The summed E-state index contributed by atoms with van der Waals surface area (Å²) in [6.45, 7) is 1.17. The van der Waals surface area contributed by atoms with Gasteiger partial charge in [-0.05, 0) is 42.3 Å². The fourth-order valence-electron chi connectivity index (χ4n) is 3.07. The van der Waals surface area contributed by atoms with Gasteiger partial charge in [-0.1, -0.05) is 6.07 Å². The van der Waals surface area contributed by atoms with E-state index in [1.807, 2.05) is 35.0 Å². The van der Waals surface area contributed by atoms with Gasteiger partial charge in [-0.3, -0.25) is 9.39 Å². The number of aromatic amines is 1. The van der Waals surface area contributed by atoms with Gasteiger partial charge in [0.1, 0.15) is 5.82 Å². The van der Waals surface area contributed by atoms with E-state index in [-0.39, 0.29) is 29.8 Å². The first-order valence-electron chi connectivity index (χ1n) is 8.73. The van der Waals surface area contributed by atoms with Crippen LogP contribution in [0.25, 0.3) is 16.6 Å². The third kappa shape index (κ3) is 4.24. The highest BCUT2D eigenvalue weighted by atomic mass is 127. The van der Waals surface area contributed by atoms with Gasteiger partial charge in [0.25, 0.3) is 0 Å². The minimum Gasteiger partial charge on any atom is -0.361 e. The van der Waals surface area contributed by atoms with Gasteiger partial charge in [0.05, 0.1) is 6.54 Å². The fourth-order valence-corrected chi connectivity index (χ4v) is 3.07. The first-order chi connectivity index (χ1) is 13.2. The van der Waals surface area contributed by atoms with Gasteiger partial charge in [-0.2, -0.15) is 0 Å². The number of aliphatic imine (C=N–C) groups is 1. The molecule has 0 spiro atoms. The second-order valence-corrected chi connectivity index (χ2v) is 6.15. The molecule has 0 aliphatic rings. The molecule has 9 heteroatoms. The molecule has 4 rings (SSSR count). The molecule has 0 saturated heterocycles. The summed E-state index contributed by atoms with van der Waals surface area (Å²) in [4.78, 5) is 7.40. The number of rotatable bonds is 5. The molecule has 0 amide bonds. The number of hydrogen-bond acceptors (Lipinski definition) is 3. The molecular formula is C19H21FIN7. The lowest BCUT2D eigenvalue weighted by atomic mass is 10.1.